The second-order valence-electron chi connectivity index (χ2n) is 2.81. The van der Waals surface area contributed by atoms with Crippen molar-refractivity contribution in [1.29, 1.82) is 0 Å². The molecule has 0 aliphatic heterocycles. The van der Waals surface area contributed by atoms with Crippen LogP contribution in [0.2, 0.25) is 0 Å². The van der Waals surface area contributed by atoms with Gasteiger partial charge in [0.05, 0.1) is 0 Å². The Balaban J connectivity index is 0.00000106. The summed E-state index contributed by atoms with van der Waals surface area (Å²) in [6.07, 6.45) is 3.44. The van der Waals surface area contributed by atoms with Gasteiger partial charge in [-0.1, -0.05) is 32.6 Å². The molecule has 16 heavy (non-hydrogen) atoms. The van der Waals surface area contributed by atoms with Crippen molar-refractivity contribution in [1.82, 2.24) is 0 Å². The highest BCUT2D eigenvalue weighted by atomic mass is 19.1. The Kier molecular flexibility index (Phi) is 7.86. The predicted molar refractivity (Wildman–Crippen MR) is 66.5 cm³/mol. The lowest BCUT2D eigenvalue weighted by Gasteiger charge is -2.06. The Morgan fingerprint density at radius 1 is 1.44 bits per heavy atom. The first-order valence-corrected chi connectivity index (χ1v) is 5.42. The van der Waals surface area contributed by atoms with Gasteiger partial charge in [-0.2, -0.15) is 0 Å². The quantitative estimate of drug-likeness (QED) is 0.540. The molecule has 0 bridgehead atoms. The van der Waals surface area contributed by atoms with Crippen LogP contribution in [0, 0.1) is 5.82 Å². The number of hydrogen-bond donors (Lipinski definition) is 0. The Hall–Kier alpha value is -1.57. The molecule has 0 aliphatic rings. The molecule has 0 radical (unpaired) electrons. The molecule has 0 atom stereocenters. The van der Waals surface area contributed by atoms with E-state index in [0.29, 0.717) is 12.4 Å². The lowest BCUT2D eigenvalue weighted by atomic mass is 10.2. The normalized spacial score (nSPS) is 10.1. The van der Waals surface area contributed by atoms with Crippen molar-refractivity contribution in [2.75, 3.05) is 0 Å². The van der Waals surface area contributed by atoms with Gasteiger partial charge >= 0.3 is 0 Å². The zero-order chi connectivity index (χ0) is 12.4. The van der Waals surface area contributed by atoms with Crippen LogP contribution in [0.3, 0.4) is 0 Å². The maximum atomic E-state index is 12.8. The first-order chi connectivity index (χ1) is 7.76. The molecule has 1 nitrogen and oxygen atoms in total. The first kappa shape index (κ1) is 14.4. The van der Waals surface area contributed by atoms with E-state index in [9.17, 15) is 4.39 Å². The summed E-state index contributed by atoms with van der Waals surface area (Å²) in [5.41, 5.74) is 0.811. The minimum absolute atomic E-state index is 0.244. The predicted octanol–water partition coefficient (Wildman–Crippen LogP) is 4.46. The molecule has 2 heteroatoms. The summed E-state index contributed by atoms with van der Waals surface area (Å²) < 4.78 is 18.1. The number of hydrogen-bond acceptors (Lipinski definition) is 1. The Labute approximate surface area is 97.3 Å². The summed E-state index contributed by atoms with van der Waals surface area (Å²) >= 11 is 0. The molecule has 0 heterocycles. The van der Waals surface area contributed by atoms with Crippen LogP contribution in [0.25, 0.3) is 0 Å². The van der Waals surface area contributed by atoms with Crippen molar-refractivity contribution in [3.05, 3.63) is 60.1 Å². The summed E-state index contributed by atoms with van der Waals surface area (Å²) in [4.78, 5) is 0. The first-order valence-electron chi connectivity index (χ1n) is 5.42. The molecule has 0 aromatic heterocycles. The van der Waals surface area contributed by atoms with Gasteiger partial charge in [-0.25, -0.2) is 4.39 Å². The monoisotopic (exact) mass is 222 g/mol. The number of rotatable bonds is 4. The van der Waals surface area contributed by atoms with Crippen LogP contribution in [0.4, 0.5) is 4.39 Å². The number of benzene rings is 1. The van der Waals surface area contributed by atoms with Gasteiger partial charge in [0.1, 0.15) is 18.2 Å². The highest BCUT2D eigenvalue weighted by molar-refractivity contribution is 5.16. The summed E-state index contributed by atoms with van der Waals surface area (Å²) in [5.74, 6) is 0.459. The van der Waals surface area contributed by atoms with Crippen LogP contribution < -0.4 is 0 Å². The number of allylic oxidation sites excluding steroid dienone is 2. The molecule has 0 aliphatic carbocycles. The summed E-state index contributed by atoms with van der Waals surface area (Å²) in [7, 11) is 0. The van der Waals surface area contributed by atoms with E-state index in [-0.39, 0.29) is 5.82 Å². The van der Waals surface area contributed by atoms with Gasteiger partial charge in [0.25, 0.3) is 0 Å². The molecule has 1 aromatic carbocycles. The molecular weight excluding hydrogens is 203 g/mol. The van der Waals surface area contributed by atoms with E-state index in [1.807, 2.05) is 32.9 Å². The van der Waals surface area contributed by atoms with Gasteiger partial charge in [-0.15, -0.1) is 0 Å². The molecule has 0 saturated heterocycles. The molecule has 0 unspecified atom stereocenters. The fraction of sp³-hybridized carbons (Fsp3) is 0.286. The van der Waals surface area contributed by atoms with Crippen molar-refractivity contribution >= 4 is 0 Å². The maximum absolute atomic E-state index is 12.8. The summed E-state index contributed by atoms with van der Waals surface area (Å²) in [5, 5.41) is 0. The molecule has 88 valence electrons. The van der Waals surface area contributed by atoms with Crippen LogP contribution in [-0.2, 0) is 11.3 Å². The Bertz CT molecular complexity index is 342. The third kappa shape index (κ3) is 5.35. The van der Waals surface area contributed by atoms with E-state index in [2.05, 4.69) is 6.58 Å². The molecular formula is C14H19FO. The fourth-order valence-corrected chi connectivity index (χ4v) is 1.05. The topological polar surface area (TPSA) is 9.23 Å². The highest BCUT2D eigenvalue weighted by Gasteiger charge is 1.96. The fourth-order valence-electron chi connectivity index (χ4n) is 1.05. The van der Waals surface area contributed by atoms with Gasteiger partial charge in [-0.05, 0) is 36.8 Å². The smallest absolute Gasteiger partial charge is 0.123 e. The number of halogens is 1. The molecule has 0 N–H and O–H groups in total. The third-order valence-electron chi connectivity index (χ3n) is 1.78. The molecule has 0 spiro atoms. The second-order valence-corrected chi connectivity index (χ2v) is 2.81. The summed E-state index contributed by atoms with van der Waals surface area (Å²) in [6.45, 7) is 9.82. The SMILES string of the molecule is C=C/C(=C\C)OCc1cccc(F)c1.CC. The molecule has 0 amide bonds. The van der Waals surface area contributed by atoms with Crippen LogP contribution in [0.1, 0.15) is 26.3 Å². The van der Waals surface area contributed by atoms with Crippen LogP contribution in [-0.4, -0.2) is 0 Å². The minimum Gasteiger partial charge on any atom is -0.489 e. The van der Waals surface area contributed by atoms with Crippen LogP contribution >= 0.6 is 0 Å². The third-order valence-corrected chi connectivity index (χ3v) is 1.78. The molecule has 0 saturated carbocycles. The lowest BCUT2D eigenvalue weighted by molar-refractivity contribution is 0.210. The minimum atomic E-state index is -0.244. The van der Waals surface area contributed by atoms with Crippen molar-refractivity contribution in [2.45, 2.75) is 27.4 Å². The van der Waals surface area contributed by atoms with E-state index in [1.165, 1.54) is 12.1 Å². The maximum Gasteiger partial charge on any atom is 0.123 e. The van der Waals surface area contributed by atoms with E-state index >= 15 is 0 Å². The lowest BCUT2D eigenvalue weighted by Crippen LogP contribution is -1.91. The van der Waals surface area contributed by atoms with Crippen molar-refractivity contribution < 1.29 is 9.13 Å². The van der Waals surface area contributed by atoms with Crippen molar-refractivity contribution in [3.8, 4) is 0 Å². The van der Waals surface area contributed by atoms with Crippen LogP contribution in [0.5, 0.6) is 0 Å². The summed E-state index contributed by atoms with van der Waals surface area (Å²) in [6, 6.07) is 6.35. The number of ether oxygens (including phenoxy) is 1. The van der Waals surface area contributed by atoms with E-state index in [0.717, 1.165) is 5.56 Å². The average Bonchev–Trinajstić information content (AvgIpc) is 2.33. The van der Waals surface area contributed by atoms with Gasteiger partial charge in [0.15, 0.2) is 0 Å². The molecule has 1 rings (SSSR count). The second kappa shape index (κ2) is 8.72. The van der Waals surface area contributed by atoms with E-state index in [4.69, 9.17) is 4.74 Å². The Morgan fingerprint density at radius 3 is 2.62 bits per heavy atom. The van der Waals surface area contributed by atoms with Crippen molar-refractivity contribution in [2.24, 2.45) is 0 Å². The molecule has 0 fully saturated rings. The van der Waals surface area contributed by atoms with Crippen molar-refractivity contribution in [3.63, 3.8) is 0 Å². The largest absolute Gasteiger partial charge is 0.489 e. The standard InChI is InChI=1S/C12H13FO.C2H6/c1-3-12(4-2)14-9-10-6-5-7-11(13)8-10;1-2/h3-8H,1,9H2,2H3;1-2H3/b12-4+;. The zero-order valence-electron chi connectivity index (χ0n) is 10.2. The Morgan fingerprint density at radius 2 is 2.12 bits per heavy atom. The van der Waals surface area contributed by atoms with Crippen LogP contribution in [0.15, 0.2) is 48.8 Å². The van der Waals surface area contributed by atoms with Gasteiger partial charge < -0.3 is 4.74 Å². The van der Waals surface area contributed by atoms with E-state index < -0.39 is 0 Å². The molecule has 1 aromatic rings. The van der Waals surface area contributed by atoms with Gasteiger partial charge in [0.2, 0.25) is 0 Å². The van der Waals surface area contributed by atoms with E-state index in [1.54, 1.807) is 12.1 Å². The average molecular weight is 222 g/mol. The van der Waals surface area contributed by atoms with Gasteiger partial charge in [-0.3, -0.25) is 0 Å². The highest BCUT2D eigenvalue weighted by Crippen LogP contribution is 2.08. The zero-order valence-corrected chi connectivity index (χ0v) is 10.2. The van der Waals surface area contributed by atoms with Gasteiger partial charge in [0, 0.05) is 0 Å².